The zero-order valence-corrected chi connectivity index (χ0v) is 9.36. The molecule has 1 aromatic carbocycles. The molecule has 0 spiro atoms. The van der Waals surface area contributed by atoms with Crippen LogP contribution in [0, 0.1) is 0 Å². The second-order valence-electron chi connectivity index (χ2n) is 3.04. The topological polar surface area (TPSA) is 83.5 Å². The first-order valence-electron chi connectivity index (χ1n) is 4.39. The van der Waals surface area contributed by atoms with Gasteiger partial charge in [0.1, 0.15) is 0 Å². The average molecular weight is 241 g/mol. The Hall–Kier alpha value is -1.50. The normalized spacial score (nSPS) is 13.9. The van der Waals surface area contributed by atoms with Crippen molar-refractivity contribution in [1.82, 2.24) is 4.89 Å². The van der Waals surface area contributed by atoms with Crippen LogP contribution in [-0.2, 0) is 19.3 Å². The largest absolute Gasteiger partial charge is 0.304 e. The van der Waals surface area contributed by atoms with Crippen molar-refractivity contribution in [2.75, 3.05) is 0 Å². The van der Waals surface area contributed by atoms with Crippen LogP contribution in [-0.4, -0.2) is 26.4 Å². The monoisotopic (exact) mass is 241 g/mol. The van der Waals surface area contributed by atoms with Crippen molar-refractivity contribution in [3.8, 4) is 0 Å². The molecule has 0 aliphatic heterocycles. The Labute approximate surface area is 93.2 Å². The van der Waals surface area contributed by atoms with Gasteiger partial charge in [-0.15, -0.1) is 4.89 Å². The maximum absolute atomic E-state index is 12.1. The molecule has 0 aliphatic carbocycles. The third-order valence-corrected chi connectivity index (χ3v) is 3.64. The molecule has 0 radical (unpaired) electrons. The highest BCUT2D eigenvalue weighted by Crippen LogP contribution is 2.07. The Bertz CT molecular complexity index is 515. The van der Waals surface area contributed by atoms with Gasteiger partial charge in [0, 0.05) is 11.8 Å². The number of ketones is 2. The SMILES string of the molecule is CC(=O)C(=O)C=S(=O)(NO)c1ccccc1. The van der Waals surface area contributed by atoms with Crippen LogP contribution in [0.5, 0.6) is 0 Å². The first kappa shape index (κ1) is 12.6. The first-order chi connectivity index (χ1) is 7.49. The molecule has 1 rings (SSSR count). The molecule has 2 N–H and O–H groups in total. The van der Waals surface area contributed by atoms with Crippen molar-refractivity contribution in [3.63, 3.8) is 0 Å². The fourth-order valence-electron chi connectivity index (χ4n) is 1.00. The molecule has 0 fully saturated rings. The number of hydrogen-bond acceptors (Lipinski definition) is 4. The molecule has 0 heterocycles. The van der Waals surface area contributed by atoms with E-state index in [0.29, 0.717) is 5.37 Å². The zero-order valence-electron chi connectivity index (χ0n) is 8.54. The predicted molar refractivity (Wildman–Crippen MR) is 59.5 cm³/mol. The Balaban J connectivity index is 3.29. The Kier molecular flexibility index (Phi) is 3.94. The third kappa shape index (κ3) is 2.75. The zero-order chi connectivity index (χ0) is 12.2. The van der Waals surface area contributed by atoms with Gasteiger partial charge in [0.05, 0.1) is 15.1 Å². The van der Waals surface area contributed by atoms with Gasteiger partial charge in [0.15, 0.2) is 5.78 Å². The van der Waals surface area contributed by atoms with Gasteiger partial charge >= 0.3 is 0 Å². The molecule has 0 aromatic heterocycles. The van der Waals surface area contributed by atoms with Gasteiger partial charge in [-0.2, -0.15) is 0 Å². The average Bonchev–Trinajstić information content (AvgIpc) is 2.29. The van der Waals surface area contributed by atoms with Crippen molar-refractivity contribution >= 4 is 26.6 Å². The minimum atomic E-state index is -3.24. The van der Waals surface area contributed by atoms with E-state index in [1.807, 2.05) is 0 Å². The van der Waals surface area contributed by atoms with Crippen LogP contribution in [0.25, 0.3) is 0 Å². The van der Waals surface area contributed by atoms with Crippen molar-refractivity contribution in [3.05, 3.63) is 30.3 Å². The van der Waals surface area contributed by atoms with Gasteiger partial charge in [0.2, 0.25) is 5.78 Å². The van der Waals surface area contributed by atoms with Crippen LogP contribution in [0.15, 0.2) is 35.2 Å². The standard InChI is InChI=1S/C10H11NO4S/c1-8(12)10(13)7-16(15,11-14)9-5-3-2-4-6-9/h2-7,14H,1H3,(H,11,15). The third-order valence-electron chi connectivity index (χ3n) is 1.85. The summed E-state index contributed by atoms with van der Waals surface area (Å²) in [6.07, 6.45) is 0. The highest BCUT2D eigenvalue weighted by atomic mass is 32.2. The van der Waals surface area contributed by atoms with Gasteiger partial charge in [-0.3, -0.25) is 9.59 Å². The van der Waals surface area contributed by atoms with Crippen LogP contribution in [0.1, 0.15) is 6.92 Å². The molecule has 0 saturated heterocycles. The van der Waals surface area contributed by atoms with Crippen molar-refractivity contribution in [2.24, 2.45) is 0 Å². The van der Waals surface area contributed by atoms with Crippen LogP contribution in [0.2, 0.25) is 0 Å². The first-order valence-corrected chi connectivity index (χ1v) is 6.01. The number of nitrogens with one attached hydrogen (secondary N) is 1. The van der Waals surface area contributed by atoms with E-state index in [2.05, 4.69) is 0 Å². The summed E-state index contributed by atoms with van der Waals surface area (Å²) in [5.41, 5.74) is 0. The lowest BCUT2D eigenvalue weighted by atomic mass is 10.3. The summed E-state index contributed by atoms with van der Waals surface area (Å²) in [6, 6.07) is 7.88. The minimum Gasteiger partial charge on any atom is -0.304 e. The number of hydrogen-bond donors (Lipinski definition) is 2. The van der Waals surface area contributed by atoms with Gasteiger partial charge < -0.3 is 5.21 Å². The molecule has 86 valence electrons. The summed E-state index contributed by atoms with van der Waals surface area (Å²) >= 11 is 0. The van der Waals surface area contributed by atoms with Crippen LogP contribution in [0.4, 0.5) is 0 Å². The number of rotatable bonds is 4. The fourth-order valence-corrected chi connectivity index (χ4v) is 2.33. The maximum Gasteiger partial charge on any atom is 0.230 e. The van der Waals surface area contributed by atoms with Crippen molar-refractivity contribution < 1.29 is 19.0 Å². The van der Waals surface area contributed by atoms with E-state index in [1.54, 1.807) is 23.1 Å². The molecule has 0 amide bonds. The van der Waals surface area contributed by atoms with Gasteiger partial charge in [0.25, 0.3) is 0 Å². The highest BCUT2D eigenvalue weighted by Gasteiger charge is 2.14. The molecule has 1 unspecified atom stereocenters. The van der Waals surface area contributed by atoms with E-state index in [1.165, 1.54) is 12.1 Å². The Morgan fingerprint density at radius 1 is 1.31 bits per heavy atom. The second kappa shape index (κ2) is 5.02. The van der Waals surface area contributed by atoms with E-state index in [4.69, 9.17) is 5.21 Å². The van der Waals surface area contributed by atoms with E-state index in [0.717, 1.165) is 6.92 Å². The predicted octanol–water partition coefficient (Wildman–Crippen LogP) is 0.184. The summed E-state index contributed by atoms with van der Waals surface area (Å²) < 4.78 is 12.1. The molecule has 16 heavy (non-hydrogen) atoms. The fraction of sp³-hybridized carbons (Fsp3) is 0.100. The van der Waals surface area contributed by atoms with E-state index in [9.17, 15) is 13.8 Å². The molecule has 1 aromatic rings. The molecular weight excluding hydrogens is 230 g/mol. The Morgan fingerprint density at radius 2 is 1.88 bits per heavy atom. The van der Waals surface area contributed by atoms with Crippen molar-refractivity contribution in [2.45, 2.75) is 11.8 Å². The van der Waals surface area contributed by atoms with Crippen LogP contribution < -0.4 is 4.89 Å². The minimum absolute atomic E-state index is 0.229. The van der Waals surface area contributed by atoms with Crippen LogP contribution in [0.3, 0.4) is 0 Å². The summed E-state index contributed by atoms with van der Waals surface area (Å²) in [4.78, 5) is 23.7. The van der Waals surface area contributed by atoms with Gasteiger partial charge in [-0.25, -0.2) is 4.21 Å². The molecule has 5 nitrogen and oxygen atoms in total. The summed E-state index contributed by atoms with van der Waals surface area (Å²) in [5.74, 6) is -1.64. The summed E-state index contributed by atoms with van der Waals surface area (Å²) in [7, 11) is -3.24. The number of carbonyl (C=O) groups is 2. The lowest BCUT2D eigenvalue weighted by Crippen LogP contribution is -2.27. The summed E-state index contributed by atoms with van der Waals surface area (Å²) in [6.45, 7) is 1.07. The smallest absolute Gasteiger partial charge is 0.230 e. The molecular formula is C10H11NO4S. The molecule has 0 saturated carbocycles. The van der Waals surface area contributed by atoms with E-state index in [-0.39, 0.29) is 4.90 Å². The Morgan fingerprint density at radius 3 is 2.31 bits per heavy atom. The maximum atomic E-state index is 12.1. The molecule has 0 aliphatic rings. The number of carbonyl (C=O) groups excluding carboxylic acids is 2. The number of benzene rings is 1. The van der Waals surface area contributed by atoms with E-state index < -0.39 is 21.3 Å². The van der Waals surface area contributed by atoms with E-state index >= 15 is 0 Å². The van der Waals surface area contributed by atoms with Gasteiger partial charge in [-0.05, 0) is 12.1 Å². The number of Topliss-reactive ketones (excluding diaryl/α,β-unsaturated/α-hetero) is 2. The lowest BCUT2D eigenvalue weighted by molar-refractivity contribution is -0.131. The molecule has 0 bridgehead atoms. The lowest BCUT2D eigenvalue weighted by Gasteiger charge is -2.07. The summed E-state index contributed by atoms with van der Waals surface area (Å²) in [5, 5.41) is 9.55. The molecule has 1 atom stereocenters. The van der Waals surface area contributed by atoms with Gasteiger partial charge in [-0.1, -0.05) is 18.2 Å². The quantitative estimate of drug-likeness (QED) is 0.447. The second-order valence-corrected chi connectivity index (χ2v) is 5.13. The van der Waals surface area contributed by atoms with Crippen LogP contribution >= 0.6 is 0 Å². The molecule has 6 heteroatoms. The van der Waals surface area contributed by atoms with Crippen molar-refractivity contribution in [1.29, 1.82) is 0 Å². The highest BCUT2D eigenvalue weighted by molar-refractivity contribution is 8.00.